The van der Waals surface area contributed by atoms with E-state index < -0.39 is 0 Å². The van der Waals surface area contributed by atoms with Gasteiger partial charge in [-0.25, -0.2) is 0 Å². The van der Waals surface area contributed by atoms with E-state index in [9.17, 15) is 4.79 Å². The standard InChI is InChI=1S/C21H26ClN3O3/c1-3-12-28-20-18(22)13-16(14-19(20)27-2)21(26)25-10-8-24(9-11-25)15-17-6-4-5-7-23-17/h4-7,13-14H,3,8-12,15H2,1-2H3. The predicted octanol–water partition coefficient (Wildman–Crippen LogP) is 3.49. The highest BCUT2D eigenvalue weighted by Crippen LogP contribution is 2.37. The fraction of sp³-hybridized carbons (Fsp3) is 0.429. The first kappa shape index (κ1) is 20.4. The topological polar surface area (TPSA) is 54.9 Å². The average Bonchev–Trinajstić information content (AvgIpc) is 2.73. The number of methoxy groups -OCH3 is 1. The second kappa shape index (κ2) is 9.75. The summed E-state index contributed by atoms with van der Waals surface area (Å²) in [6, 6.07) is 9.30. The molecule has 1 aromatic heterocycles. The van der Waals surface area contributed by atoms with Gasteiger partial charge in [0, 0.05) is 44.5 Å². The van der Waals surface area contributed by atoms with Gasteiger partial charge in [0.2, 0.25) is 0 Å². The summed E-state index contributed by atoms with van der Waals surface area (Å²) in [5, 5.41) is 0.393. The van der Waals surface area contributed by atoms with E-state index in [-0.39, 0.29) is 5.91 Å². The van der Waals surface area contributed by atoms with Crippen molar-refractivity contribution >= 4 is 17.5 Å². The Labute approximate surface area is 171 Å². The van der Waals surface area contributed by atoms with Crippen molar-refractivity contribution < 1.29 is 14.3 Å². The van der Waals surface area contributed by atoms with Crippen LogP contribution in [-0.4, -0.2) is 60.6 Å². The molecule has 1 fully saturated rings. The SMILES string of the molecule is CCCOc1c(Cl)cc(C(=O)N2CCN(Cc3ccccn3)CC2)cc1OC. The zero-order valence-corrected chi connectivity index (χ0v) is 17.1. The maximum Gasteiger partial charge on any atom is 0.254 e. The Morgan fingerprint density at radius 2 is 2.00 bits per heavy atom. The van der Waals surface area contributed by atoms with E-state index >= 15 is 0 Å². The molecule has 0 radical (unpaired) electrons. The highest BCUT2D eigenvalue weighted by molar-refractivity contribution is 6.32. The molecule has 0 atom stereocenters. The maximum atomic E-state index is 13.0. The number of piperazine rings is 1. The van der Waals surface area contributed by atoms with E-state index in [2.05, 4.69) is 9.88 Å². The summed E-state index contributed by atoms with van der Waals surface area (Å²) in [7, 11) is 1.55. The predicted molar refractivity (Wildman–Crippen MR) is 109 cm³/mol. The highest BCUT2D eigenvalue weighted by Gasteiger charge is 2.24. The number of aromatic nitrogens is 1. The Morgan fingerprint density at radius 3 is 2.64 bits per heavy atom. The molecule has 0 spiro atoms. The van der Waals surface area contributed by atoms with E-state index in [1.54, 1.807) is 25.4 Å². The lowest BCUT2D eigenvalue weighted by Crippen LogP contribution is -2.48. The number of pyridine rings is 1. The molecule has 1 aliphatic heterocycles. The molecule has 0 N–H and O–H groups in total. The summed E-state index contributed by atoms with van der Waals surface area (Å²) in [5.41, 5.74) is 1.56. The van der Waals surface area contributed by atoms with E-state index in [0.717, 1.165) is 31.7 Å². The Morgan fingerprint density at radius 1 is 1.21 bits per heavy atom. The van der Waals surface area contributed by atoms with E-state index in [1.807, 2.05) is 30.0 Å². The van der Waals surface area contributed by atoms with Gasteiger partial charge in [0.15, 0.2) is 11.5 Å². The van der Waals surface area contributed by atoms with Crippen LogP contribution in [0.5, 0.6) is 11.5 Å². The van der Waals surface area contributed by atoms with Crippen LogP contribution in [0.4, 0.5) is 0 Å². The smallest absolute Gasteiger partial charge is 0.254 e. The molecule has 1 saturated heterocycles. The third-order valence-corrected chi connectivity index (χ3v) is 4.98. The van der Waals surface area contributed by atoms with Gasteiger partial charge in [-0.15, -0.1) is 0 Å². The Hall–Kier alpha value is -2.31. The van der Waals surface area contributed by atoms with E-state index in [0.29, 0.717) is 41.8 Å². The third kappa shape index (κ3) is 4.94. The first-order valence-electron chi connectivity index (χ1n) is 9.54. The largest absolute Gasteiger partial charge is 0.493 e. The van der Waals surface area contributed by atoms with Crippen LogP contribution in [0.25, 0.3) is 0 Å². The summed E-state index contributed by atoms with van der Waals surface area (Å²) in [4.78, 5) is 21.5. The van der Waals surface area contributed by atoms with Gasteiger partial charge in [-0.2, -0.15) is 0 Å². The number of rotatable bonds is 7. The molecule has 3 rings (SSSR count). The van der Waals surface area contributed by atoms with Crippen LogP contribution in [-0.2, 0) is 6.54 Å². The van der Waals surface area contributed by atoms with Gasteiger partial charge in [-0.1, -0.05) is 24.6 Å². The molecule has 1 aromatic carbocycles. The van der Waals surface area contributed by atoms with Crippen LogP contribution >= 0.6 is 11.6 Å². The van der Waals surface area contributed by atoms with Crippen molar-refractivity contribution in [3.63, 3.8) is 0 Å². The van der Waals surface area contributed by atoms with Crippen molar-refractivity contribution in [2.75, 3.05) is 39.9 Å². The van der Waals surface area contributed by atoms with Crippen molar-refractivity contribution in [2.45, 2.75) is 19.9 Å². The lowest BCUT2D eigenvalue weighted by atomic mass is 10.1. The summed E-state index contributed by atoms with van der Waals surface area (Å²) in [6.45, 7) is 6.31. The molecule has 2 aromatic rings. The summed E-state index contributed by atoms with van der Waals surface area (Å²) in [5.74, 6) is 0.931. The minimum atomic E-state index is -0.0419. The summed E-state index contributed by atoms with van der Waals surface area (Å²) < 4.78 is 11.1. The normalized spacial score (nSPS) is 14.8. The molecule has 0 unspecified atom stereocenters. The molecule has 1 amide bonds. The molecule has 1 aliphatic rings. The van der Waals surface area contributed by atoms with Gasteiger partial charge in [0.1, 0.15) is 0 Å². The molecular weight excluding hydrogens is 378 g/mol. The minimum absolute atomic E-state index is 0.0419. The molecule has 0 saturated carbocycles. The zero-order valence-electron chi connectivity index (χ0n) is 16.4. The number of benzene rings is 1. The fourth-order valence-corrected chi connectivity index (χ4v) is 3.47. The molecule has 6 nitrogen and oxygen atoms in total. The van der Waals surface area contributed by atoms with Crippen LogP contribution in [0.1, 0.15) is 29.4 Å². The van der Waals surface area contributed by atoms with Gasteiger partial charge in [0.05, 0.1) is 24.4 Å². The van der Waals surface area contributed by atoms with Gasteiger partial charge in [0.25, 0.3) is 5.91 Å². The molecular formula is C21H26ClN3O3. The van der Waals surface area contributed by atoms with Crippen LogP contribution < -0.4 is 9.47 Å². The molecule has 28 heavy (non-hydrogen) atoms. The quantitative estimate of drug-likeness (QED) is 0.708. The van der Waals surface area contributed by atoms with Crippen molar-refractivity contribution in [2.24, 2.45) is 0 Å². The molecule has 7 heteroatoms. The average molecular weight is 404 g/mol. The number of hydrogen-bond acceptors (Lipinski definition) is 5. The molecule has 0 bridgehead atoms. The molecule has 0 aliphatic carbocycles. The number of ether oxygens (including phenoxy) is 2. The fourth-order valence-electron chi connectivity index (χ4n) is 3.20. The molecule has 150 valence electrons. The van der Waals surface area contributed by atoms with E-state index in [4.69, 9.17) is 21.1 Å². The second-order valence-corrected chi connectivity index (χ2v) is 7.13. The van der Waals surface area contributed by atoms with Crippen LogP contribution in [0.15, 0.2) is 36.5 Å². The lowest BCUT2D eigenvalue weighted by Gasteiger charge is -2.34. The van der Waals surface area contributed by atoms with Crippen molar-refractivity contribution in [3.05, 3.63) is 52.8 Å². The monoisotopic (exact) mass is 403 g/mol. The zero-order chi connectivity index (χ0) is 19.9. The van der Waals surface area contributed by atoms with Crippen molar-refractivity contribution in [1.82, 2.24) is 14.8 Å². The third-order valence-electron chi connectivity index (χ3n) is 4.70. The van der Waals surface area contributed by atoms with Gasteiger partial charge in [-0.05, 0) is 30.7 Å². The van der Waals surface area contributed by atoms with Crippen molar-refractivity contribution in [3.8, 4) is 11.5 Å². The maximum absolute atomic E-state index is 13.0. The number of hydrogen-bond donors (Lipinski definition) is 0. The van der Waals surface area contributed by atoms with Crippen LogP contribution in [0.2, 0.25) is 5.02 Å². The Bertz CT molecular complexity index is 793. The van der Waals surface area contributed by atoms with Crippen LogP contribution in [0.3, 0.4) is 0 Å². The first-order chi connectivity index (χ1) is 13.6. The number of amides is 1. The van der Waals surface area contributed by atoms with Crippen molar-refractivity contribution in [1.29, 1.82) is 0 Å². The number of carbonyl (C=O) groups is 1. The lowest BCUT2D eigenvalue weighted by molar-refractivity contribution is 0.0626. The first-order valence-corrected chi connectivity index (χ1v) is 9.92. The van der Waals surface area contributed by atoms with Gasteiger partial charge in [-0.3, -0.25) is 14.7 Å². The minimum Gasteiger partial charge on any atom is -0.493 e. The van der Waals surface area contributed by atoms with E-state index in [1.165, 1.54) is 0 Å². The summed E-state index contributed by atoms with van der Waals surface area (Å²) in [6.07, 6.45) is 2.67. The Balaban J connectivity index is 1.64. The number of carbonyl (C=O) groups excluding carboxylic acids is 1. The van der Waals surface area contributed by atoms with Gasteiger partial charge < -0.3 is 14.4 Å². The number of nitrogens with zero attached hydrogens (tertiary/aromatic N) is 3. The van der Waals surface area contributed by atoms with Crippen LogP contribution in [0, 0.1) is 0 Å². The Kier molecular flexibility index (Phi) is 7.12. The second-order valence-electron chi connectivity index (χ2n) is 6.73. The highest BCUT2D eigenvalue weighted by atomic mass is 35.5. The molecule has 2 heterocycles. The summed E-state index contributed by atoms with van der Waals surface area (Å²) >= 11 is 6.35. The number of halogens is 1. The van der Waals surface area contributed by atoms with Gasteiger partial charge >= 0.3 is 0 Å².